The predicted octanol–water partition coefficient (Wildman–Crippen LogP) is 3.26. The standard InChI is InChI=1S/C22H26Cl2N4O2/c23-18-6-7-19(24)20(14-18)26-21(29)8-9-27-10-12-28(13-11-27)16-22(30)25-15-17-4-2-1-3-5-17/h1-7,14H,8-13,15-16H2,(H,25,30)(H,26,29). The van der Waals surface area contributed by atoms with Gasteiger partial charge in [0.15, 0.2) is 0 Å². The second-order valence-electron chi connectivity index (χ2n) is 7.30. The number of carbonyl (C=O) groups excluding carboxylic acids is 2. The molecule has 1 heterocycles. The molecule has 0 aromatic heterocycles. The number of anilines is 1. The minimum atomic E-state index is -0.0955. The zero-order chi connectivity index (χ0) is 21.3. The Morgan fingerprint density at radius 1 is 0.900 bits per heavy atom. The molecule has 2 N–H and O–H groups in total. The van der Waals surface area contributed by atoms with Crippen LogP contribution in [0.1, 0.15) is 12.0 Å². The fourth-order valence-corrected chi connectivity index (χ4v) is 3.63. The molecule has 1 fully saturated rings. The smallest absolute Gasteiger partial charge is 0.234 e. The van der Waals surface area contributed by atoms with E-state index < -0.39 is 0 Å². The molecule has 2 aromatic carbocycles. The molecule has 1 aliphatic heterocycles. The van der Waals surface area contributed by atoms with Gasteiger partial charge >= 0.3 is 0 Å². The van der Waals surface area contributed by atoms with Crippen LogP contribution in [0.15, 0.2) is 48.5 Å². The third kappa shape index (κ3) is 7.29. The van der Waals surface area contributed by atoms with Gasteiger partial charge in [-0.1, -0.05) is 53.5 Å². The van der Waals surface area contributed by atoms with Crippen LogP contribution in [-0.2, 0) is 16.1 Å². The Labute approximate surface area is 187 Å². The topological polar surface area (TPSA) is 64.7 Å². The summed E-state index contributed by atoms with van der Waals surface area (Å²) in [4.78, 5) is 28.8. The van der Waals surface area contributed by atoms with Crippen molar-refractivity contribution in [3.63, 3.8) is 0 Å². The summed E-state index contributed by atoms with van der Waals surface area (Å²) in [6.45, 7) is 4.88. The fourth-order valence-electron chi connectivity index (χ4n) is 3.29. The molecule has 0 spiro atoms. The number of amides is 2. The van der Waals surface area contributed by atoms with Gasteiger partial charge in [-0.25, -0.2) is 0 Å². The molecule has 0 unspecified atom stereocenters. The monoisotopic (exact) mass is 448 g/mol. The molecular formula is C22H26Cl2N4O2. The number of hydrogen-bond donors (Lipinski definition) is 2. The first-order chi connectivity index (χ1) is 14.5. The number of nitrogens with zero attached hydrogens (tertiary/aromatic N) is 2. The van der Waals surface area contributed by atoms with Crippen molar-refractivity contribution in [2.24, 2.45) is 0 Å². The van der Waals surface area contributed by atoms with Crippen molar-refractivity contribution < 1.29 is 9.59 Å². The van der Waals surface area contributed by atoms with Gasteiger partial charge in [-0.3, -0.25) is 14.5 Å². The maximum absolute atomic E-state index is 12.2. The summed E-state index contributed by atoms with van der Waals surface area (Å²) in [5.41, 5.74) is 1.62. The van der Waals surface area contributed by atoms with E-state index in [1.54, 1.807) is 18.2 Å². The van der Waals surface area contributed by atoms with E-state index in [9.17, 15) is 9.59 Å². The van der Waals surface area contributed by atoms with E-state index in [1.807, 2.05) is 30.3 Å². The minimum Gasteiger partial charge on any atom is -0.351 e. The Kier molecular flexibility index (Phi) is 8.51. The van der Waals surface area contributed by atoms with Gasteiger partial charge in [0.25, 0.3) is 0 Å². The number of rotatable bonds is 8. The van der Waals surface area contributed by atoms with Crippen LogP contribution in [0.3, 0.4) is 0 Å². The molecule has 0 bridgehead atoms. The highest BCUT2D eigenvalue weighted by Gasteiger charge is 2.19. The van der Waals surface area contributed by atoms with Crippen molar-refractivity contribution in [2.45, 2.75) is 13.0 Å². The molecule has 2 aromatic rings. The third-order valence-corrected chi connectivity index (χ3v) is 5.59. The van der Waals surface area contributed by atoms with Gasteiger partial charge in [0.2, 0.25) is 11.8 Å². The molecule has 1 aliphatic rings. The molecular weight excluding hydrogens is 423 g/mol. The molecule has 1 saturated heterocycles. The minimum absolute atomic E-state index is 0.0325. The van der Waals surface area contributed by atoms with Gasteiger partial charge in [0, 0.05) is 50.7 Å². The summed E-state index contributed by atoms with van der Waals surface area (Å²) >= 11 is 12.0. The molecule has 3 rings (SSSR count). The Morgan fingerprint density at radius 3 is 2.33 bits per heavy atom. The van der Waals surface area contributed by atoms with Crippen LogP contribution < -0.4 is 10.6 Å². The summed E-state index contributed by atoms with van der Waals surface area (Å²) in [5, 5.41) is 6.76. The van der Waals surface area contributed by atoms with Gasteiger partial charge in [0.05, 0.1) is 17.3 Å². The fraction of sp³-hybridized carbons (Fsp3) is 0.364. The van der Waals surface area contributed by atoms with E-state index in [0.29, 0.717) is 41.8 Å². The lowest BCUT2D eigenvalue weighted by molar-refractivity contribution is -0.122. The third-order valence-electron chi connectivity index (χ3n) is 5.02. The van der Waals surface area contributed by atoms with Crippen molar-refractivity contribution in [1.29, 1.82) is 0 Å². The highest BCUT2D eigenvalue weighted by molar-refractivity contribution is 6.35. The first-order valence-electron chi connectivity index (χ1n) is 10.00. The summed E-state index contributed by atoms with van der Waals surface area (Å²) in [6, 6.07) is 14.9. The maximum atomic E-state index is 12.2. The van der Waals surface area contributed by atoms with E-state index in [0.717, 1.165) is 31.7 Å². The lowest BCUT2D eigenvalue weighted by Crippen LogP contribution is -2.49. The first-order valence-corrected chi connectivity index (χ1v) is 10.8. The largest absolute Gasteiger partial charge is 0.351 e. The molecule has 6 nitrogen and oxygen atoms in total. The Bertz CT molecular complexity index is 855. The zero-order valence-corrected chi connectivity index (χ0v) is 18.3. The van der Waals surface area contributed by atoms with Crippen LogP contribution >= 0.6 is 23.2 Å². The Morgan fingerprint density at radius 2 is 1.60 bits per heavy atom. The van der Waals surface area contributed by atoms with E-state index in [1.165, 1.54) is 0 Å². The highest BCUT2D eigenvalue weighted by atomic mass is 35.5. The van der Waals surface area contributed by atoms with Gasteiger partial charge in [-0.15, -0.1) is 0 Å². The number of halogens is 2. The van der Waals surface area contributed by atoms with Crippen LogP contribution in [0.4, 0.5) is 5.69 Å². The van der Waals surface area contributed by atoms with Gasteiger partial charge in [0.1, 0.15) is 0 Å². The molecule has 2 amide bonds. The number of piperazine rings is 1. The first kappa shape index (κ1) is 22.6. The quantitative estimate of drug-likeness (QED) is 0.650. The molecule has 0 atom stereocenters. The van der Waals surface area contributed by atoms with E-state index >= 15 is 0 Å². The van der Waals surface area contributed by atoms with Crippen LogP contribution in [-0.4, -0.2) is 60.9 Å². The van der Waals surface area contributed by atoms with Crippen LogP contribution in [0.25, 0.3) is 0 Å². The normalized spacial score (nSPS) is 15.0. The van der Waals surface area contributed by atoms with Gasteiger partial charge in [-0.2, -0.15) is 0 Å². The Balaban J connectivity index is 1.32. The van der Waals surface area contributed by atoms with Crippen molar-refractivity contribution in [3.05, 3.63) is 64.1 Å². The number of nitrogens with one attached hydrogen (secondary N) is 2. The van der Waals surface area contributed by atoms with Crippen LogP contribution in [0.2, 0.25) is 10.0 Å². The van der Waals surface area contributed by atoms with Crippen molar-refractivity contribution in [3.8, 4) is 0 Å². The SMILES string of the molecule is O=C(CN1CCN(CCC(=O)Nc2cc(Cl)ccc2Cl)CC1)NCc1ccccc1. The van der Waals surface area contributed by atoms with E-state index in [4.69, 9.17) is 23.2 Å². The number of hydrogen-bond acceptors (Lipinski definition) is 4. The number of carbonyl (C=O) groups is 2. The predicted molar refractivity (Wildman–Crippen MR) is 121 cm³/mol. The number of benzene rings is 2. The average molecular weight is 449 g/mol. The molecule has 8 heteroatoms. The van der Waals surface area contributed by atoms with Crippen molar-refractivity contribution >= 4 is 40.7 Å². The molecule has 0 aliphatic carbocycles. The zero-order valence-electron chi connectivity index (χ0n) is 16.7. The second-order valence-corrected chi connectivity index (χ2v) is 8.15. The summed E-state index contributed by atoms with van der Waals surface area (Å²) in [7, 11) is 0. The lowest BCUT2D eigenvalue weighted by Gasteiger charge is -2.34. The second kappa shape index (κ2) is 11.3. The van der Waals surface area contributed by atoms with Gasteiger partial charge in [-0.05, 0) is 23.8 Å². The van der Waals surface area contributed by atoms with Gasteiger partial charge < -0.3 is 15.5 Å². The molecule has 30 heavy (non-hydrogen) atoms. The Hall–Kier alpha value is -2.12. The van der Waals surface area contributed by atoms with Crippen molar-refractivity contribution in [2.75, 3.05) is 44.6 Å². The molecule has 0 radical (unpaired) electrons. The average Bonchev–Trinajstić information content (AvgIpc) is 2.75. The highest BCUT2D eigenvalue weighted by Crippen LogP contribution is 2.25. The van der Waals surface area contributed by atoms with Crippen LogP contribution in [0.5, 0.6) is 0 Å². The summed E-state index contributed by atoms with van der Waals surface area (Å²) < 4.78 is 0. The summed E-state index contributed by atoms with van der Waals surface area (Å²) in [5.74, 6) is -0.0630. The van der Waals surface area contributed by atoms with Crippen molar-refractivity contribution in [1.82, 2.24) is 15.1 Å². The summed E-state index contributed by atoms with van der Waals surface area (Å²) in [6.07, 6.45) is 0.375. The maximum Gasteiger partial charge on any atom is 0.234 e. The van der Waals surface area contributed by atoms with E-state index in [2.05, 4.69) is 20.4 Å². The lowest BCUT2D eigenvalue weighted by atomic mass is 10.2. The molecule has 160 valence electrons. The van der Waals surface area contributed by atoms with Crippen LogP contribution in [0, 0.1) is 0 Å². The molecule has 0 saturated carbocycles. The van der Waals surface area contributed by atoms with E-state index in [-0.39, 0.29) is 11.8 Å².